The molecule has 0 aromatic heterocycles. The molecular weight excluding hydrogens is 336 g/mol. The Kier molecular flexibility index (Phi) is 6.73. The molecule has 5 heteroatoms. The van der Waals surface area contributed by atoms with E-state index in [2.05, 4.69) is 5.32 Å². The average molecular weight is 359 g/mol. The van der Waals surface area contributed by atoms with E-state index < -0.39 is 0 Å². The molecule has 0 saturated carbocycles. The van der Waals surface area contributed by atoms with E-state index >= 15 is 0 Å². The van der Waals surface area contributed by atoms with Crippen LogP contribution in [0.25, 0.3) is 0 Å². The minimum absolute atomic E-state index is 0. The largest absolute Gasteiger partial charge is 0.384 e. The highest BCUT2D eigenvalue weighted by Crippen LogP contribution is 2.31. The van der Waals surface area contributed by atoms with Gasteiger partial charge in [0, 0.05) is 28.9 Å². The number of fused-ring (bicyclic) bond motifs is 2. The van der Waals surface area contributed by atoms with Gasteiger partial charge in [0.1, 0.15) is 0 Å². The molecule has 25 heavy (non-hydrogen) atoms. The van der Waals surface area contributed by atoms with Crippen LogP contribution in [-0.2, 0) is 0 Å². The number of hydrogen-bond acceptors (Lipinski definition) is 4. The predicted octanol–water partition coefficient (Wildman–Crippen LogP) is 3.81. The third-order valence-electron chi connectivity index (χ3n) is 4.40. The highest BCUT2D eigenvalue weighted by Gasteiger charge is 2.31. The van der Waals surface area contributed by atoms with Gasteiger partial charge in [-0.1, -0.05) is 49.2 Å². The van der Waals surface area contributed by atoms with Gasteiger partial charge in [-0.25, -0.2) is 0 Å². The topological polar surface area (TPSA) is 72.2 Å². The highest BCUT2D eigenvalue weighted by molar-refractivity contribution is 6.30. The fraction of sp³-hybridized carbons (Fsp3) is 0.300. The van der Waals surface area contributed by atoms with Gasteiger partial charge < -0.3 is 11.1 Å². The van der Waals surface area contributed by atoms with E-state index in [1.54, 1.807) is 30.3 Å². The Bertz CT molecular complexity index is 774. The van der Waals surface area contributed by atoms with Crippen LogP contribution in [-0.4, -0.2) is 24.7 Å². The summed E-state index contributed by atoms with van der Waals surface area (Å²) >= 11 is 0. The number of carbonyl (C=O) groups is 2. The highest BCUT2D eigenvalue weighted by atomic mass is 35.5. The first-order chi connectivity index (χ1) is 11.7. The Balaban J connectivity index is 0.00000225. The SMILES string of the molecule is Cl.NCCCCCCNc1cccc2c1C(=O)c1ccccc1C2=O. The van der Waals surface area contributed by atoms with Gasteiger partial charge in [-0.15, -0.1) is 12.4 Å². The predicted molar refractivity (Wildman–Crippen MR) is 103 cm³/mol. The number of benzene rings is 2. The summed E-state index contributed by atoms with van der Waals surface area (Å²) in [7, 11) is 0. The first-order valence-corrected chi connectivity index (χ1v) is 8.49. The molecule has 0 amide bonds. The zero-order valence-electron chi connectivity index (χ0n) is 14.1. The van der Waals surface area contributed by atoms with E-state index in [-0.39, 0.29) is 24.0 Å². The molecule has 3 rings (SSSR count). The maximum atomic E-state index is 12.8. The van der Waals surface area contributed by atoms with Crippen molar-refractivity contribution in [2.24, 2.45) is 5.73 Å². The molecule has 0 radical (unpaired) electrons. The molecule has 4 nitrogen and oxygen atoms in total. The molecule has 0 bridgehead atoms. The van der Waals surface area contributed by atoms with E-state index in [1.165, 1.54) is 0 Å². The van der Waals surface area contributed by atoms with Gasteiger partial charge in [0.15, 0.2) is 11.6 Å². The Morgan fingerprint density at radius 2 is 1.40 bits per heavy atom. The number of carbonyl (C=O) groups excluding carboxylic acids is 2. The van der Waals surface area contributed by atoms with Gasteiger partial charge in [0.2, 0.25) is 0 Å². The van der Waals surface area contributed by atoms with Gasteiger partial charge in [-0.3, -0.25) is 9.59 Å². The van der Waals surface area contributed by atoms with Gasteiger partial charge in [-0.2, -0.15) is 0 Å². The zero-order valence-corrected chi connectivity index (χ0v) is 14.9. The van der Waals surface area contributed by atoms with Crippen LogP contribution in [0.15, 0.2) is 42.5 Å². The summed E-state index contributed by atoms with van der Waals surface area (Å²) in [6.45, 7) is 1.51. The molecular formula is C20H23ClN2O2. The Morgan fingerprint density at radius 1 is 0.760 bits per heavy atom. The van der Waals surface area contributed by atoms with Crippen molar-refractivity contribution >= 4 is 29.7 Å². The number of unbranched alkanes of at least 4 members (excludes halogenated alkanes) is 3. The van der Waals surface area contributed by atoms with E-state index in [4.69, 9.17) is 5.73 Å². The normalized spacial score (nSPS) is 12.2. The average Bonchev–Trinajstić information content (AvgIpc) is 2.62. The summed E-state index contributed by atoms with van der Waals surface area (Å²) in [6, 6.07) is 12.5. The number of nitrogens with two attached hydrogens (primary N) is 1. The Morgan fingerprint density at radius 3 is 2.12 bits per heavy atom. The van der Waals surface area contributed by atoms with Crippen molar-refractivity contribution in [3.63, 3.8) is 0 Å². The zero-order chi connectivity index (χ0) is 16.9. The molecule has 0 heterocycles. The first kappa shape index (κ1) is 19.2. The second-order valence-corrected chi connectivity index (χ2v) is 6.06. The molecule has 3 N–H and O–H groups in total. The van der Waals surface area contributed by atoms with Crippen LogP contribution in [0.4, 0.5) is 5.69 Å². The quantitative estimate of drug-likeness (QED) is 0.630. The van der Waals surface area contributed by atoms with Gasteiger partial charge >= 0.3 is 0 Å². The number of halogens is 1. The fourth-order valence-corrected chi connectivity index (χ4v) is 3.14. The minimum Gasteiger partial charge on any atom is -0.384 e. The molecule has 2 aromatic rings. The maximum Gasteiger partial charge on any atom is 0.196 e. The van der Waals surface area contributed by atoms with Crippen molar-refractivity contribution in [1.29, 1.82) is 0 Å². The summed E-state index contributed by atoms with van der Waals surface area (Å²) in [4.78, 5) is 25.5. The molecule has 0 aliphatic heterocycles. The number of nitrogens with one attached hydrogen (secondary N) is 1. The second kappa shape index (κ2) is 8.79. The summed E-state index contributed by atoms with van der Waals surface area (Å²) in [6.07, 6.45) is 4.29. The molecule has 0 saturated heterocycles. The lowest BCUT2D eigenvalue weighted by Gasteiger charge is -2.20. The summed E-state index contributed by atoms with van der Waals surface area (Å²) < 4.78 is 0. The van der Waals surface area contributed by atoms with Crippen LogP contribution in [0.1, 0.15) is 57.5 Å². The van der Waals surface area contributed by atoms with Gasteiger partial charge in [0.05, 0.1) is 5.56 Å². The Labute approximate surface area is 154 Å². The van der Waals surface area contributed by atoms with Crippen molar-refractivity contribution in [3.8, 4) is 0 Å². The van der Waals surface area contributed by atoms with Crippen molar-refractivity contribution < 1.29 is 9.59 Å². The standard InChI is InChI=1S/C20H22N2O2.ClH/c21-12-5-1-2-6-13-22-17-11-7-10-16-18(17)20(24)15-9-4-3-8-14(15)19(16)23;/h3-4,7-11,22H,1-2,5-6,12-13,21H2;1H. The van der Waals surface area contributed by atoms with Crippen LogP contribution in [0.5, 0.6) is 0 Å². The van der Waals surface area contributed by atoms with Crippen LogP contribution >= 0.6 is 12.4 Å². The van der Waals surface area contributed by atoms with Gasteiger partial charge in [0.25, 0.3) is 0 Å². The monoisotopic (exact) mass is 358 g/mol. The van der Waals surface area contributed by atoms with Crippen molar-refractivity contribution in [2.45, 2.75) is 25.7 Å². The molecule has 132 valence electrons. The summed E-state index contributed by atoms with van der Waals surface area (Å²) in [5, 5.41) is 3.33. The molecule has 0 unspecified atom stereocenters. The van der Waals surface area contributed by atoms with E-state index in [0.717, 1.165) is 44.5 Å². The molecule has 0 spiro atoms. The number of ketones is 2. The van der Waals surface area contributed by atoms with Crippen molar-refractivity contribution in [2.75, 3.05) is 18.4 Å². The first-order valence-electron chi connectivity index (χ1n) is 8.49. The summed E-state index contributed by atoms with van der Waals surface area (Å²) in [5.74, 6) is -0.154. The lowest BCUT2D eigenvalue weighted by molar-refractivity contribution is 0.0979. The molecule has 1 aliphatic rings. The number of hydrogen-bond donors (Lipinski definition) is 2. The molecule has 2 aromatic carbocycles. The smallest absolute Gasteiger partial charge is 0.196 e. The van der Waals surface area contributed by atoms with Crippen molar-refractivity contribution in [3.05, 3.63) is 64.7 Å². The van der Waals surface area contributed by atoms with Crippen molar-refractivity contribution in [1.82, 2.24) is 0 Å². The second-order valence-electron chi connectivity index (χ2n) is 6.06. The third kappa shape index (κ3) is 3.91. The van der Waals surface area contributed by atoms with Gasteiger partial charge in [-0.05, 0) is 25.5 Å². The fourth-order valence-electron chi connectivity index (χ4n) is 3.14. The molecule has 1 aliphatic carbocycles. The maximum absolute atomic E-state index is 12.8. The number of anilines is 1. The van der Waals surface area contributed by atoms with Crippen LogP contribution in [0.3, 0.4) is 0 Å². The Hall–Kier alpha value is -2.17. The minimum atomic E-state index is -0.0774. The van der Waals surface area contributed by atoms with Crippen LogP contribution in [0.2, 0.25) is 0 Å². The number of rotatable bonds is 7. The van der Waals surface area contributed by atoms with E-state index in [9.17, 15) is 9.59 Å². The third-order valence-corrected chi connectivity index (χ3v) is 4.40. The van der Waals surface area contributed by atoms with Crippen LogP contribution in [0, 0.1) is 0 Å². The molecule has 0 fully saturated rings. The van der Waals surface area contributed by atoms with E-state index in [1.807, 2.05) is 12.1 Å². The lowest BCUT2D eigenvalue weighted by Crippen LogP contribution is -2.22. The summed E-state index contributed by atoms with van der Waals surface area (Å²) in [5.41, 5.74) is 8.22. The molecule has 0 atom stereocenters. The van der Waals surface area contributed by atoms with Crippen LogP contribution < -0.4 is 11.1 Å². The lowest BCUT2D eigenvalue weighted by atomic mass is 9.83. The van der Waals surface area contributed by atoms with E-state index in [0.29, 0.717) is 22.3 Å².